The number of rotatable bonds is 6. The fourth-order valence-electron chi connectivity index (χ4n) is 1.18. The minimum Gasteiger partial charge on any atom is -0.324 e. The number of alkyl halides is 3. The van der Waals surface area contributed by atoms with Crippen LogP contribution < -0.4 is 5.73 Å². The standard InChI is InChI=1S/C8H13F3N4OS/c1-2-15-6(5-12)13-14-7(15)17-4-3-16-8(9,10)11/h2-5,12H2,1H3. The Morgan fingerprint density at radius 2 is 2.12 bits per heavy atom. The van der Waals surface area contributed by atoms with Crippen molar-refractivity contribution in [3.8, 4) is 0 Å². The molecule has 98 valence electrons. The predicted molar refractivity (Wildman–Crippen MR) is 56.3 cm³/mol. The number of thioether (sulfide) groups is 1. The van der Waals surface area contributed by atoms with Crippen LogP contribution in [0.2, 0.25) is 0 Å². The first-order valence-corrected chi connectivity index (χ1v) is 5.92. The van der Waals surface area contributed by atoms with E-state index < -0.39 is 13.0 Å². The van der Waals surface area contributed by atoms with Gasteiger partial charge in [0.25, 0.3) is 0 Å². The molecule has 0 unspecified atom stereocenters. The highest BCUT2D eigenvalue weighted by Crippen LogP contribution is 2.20. The third-order valence-corrected chi connectivity index (χ3v) is 2.80. The number of hydrogen-bond acceptors (Lipinski definition) is 5. The van der Waals surface area contributed by atoms with Gasteiger partial charge in [-0.25, -0.2) is 0 Å². The van der Waals surface area contributed by atoms with Crippen molar-refractivity contribution >= 4 is 11.8 Å². The van der Waals surface area contributed by atoms with E-state index >= 15 is 0 Å². The third-order valence-electron chi connectivity index (χ3n) is 1.87. The quantitative estimate of drug-likeness (QED) is 0.625. The van der Waals surface area contributed by atoms with Gasteiger partial charge in [-0.05, 0) is 6.92 Å². The van der Waals surface area contributed by atoms with Crippen molar-refractivity contribution < 1.29 is 17.9 Å². The summed E-state index contributed by atoms with van der Waals surface area (Å²) in [5.74, 6) is 0.772. The summed E-state index contributed by atoms with van der Waals surface area (Å²) < 4.78 is 40.5. The van der Waals surface area contributed by atoms with Gasteiger partial charge in [-0.2, -0.15) is 0 Å². The fraction of sp³-hybridized carbons (Fsp3) is 0.750. The molecule has 0 spiro atoms. The molecule has 0 bridgehead atoms. The van der Waals surface area contributed by atoms with Crippen LogP contribution in [0.15, 0.2) is 5.16 Å². The molecule has 0 aliphatic rings. The Balaban J connectivity index is 2.44. The average Bonchev–Trinajstić information content (AvgIpc) is 2.65. The highest BCUT2D eigenvalue weighted by Gasteiger charge is 2.28. The molecule has 9 heteroatoms. The van der Waals surface area contributed by atoms with Crippen LogP contribution in [-0.2, 0) is 17.8 Å². The van der Waals surface area contributed by atoms with Crippen LogP contribution in [0.25, 0.3) is 0 Å². The van der Waals surface area contributed by atoms with Crippen LogP contribution >= 0.6 is 11.8 Å². The maximum Gasteiger partial charge on any atom is 0.522 e. The second kappa shape index (κ2) is 6.22. The minimum atomic E-state index is -4.58. The molecule has 5 nitrogen and oxygen atoms in total. The molecule has 1 heterocycles. The molecule has 0 aliphatic heterocycles. The van der Waals surface area contributed by atoms with Crippen LogP contribution in [0, 0.1) is 0 Å². The van der Waals surface area contributed by atoms with E-state index in [1.165, 1.54) is 0 Å². The van der Waals surface area contributed by atoms with Gasteiger partial charge in [0.05, 0.1) is 13.2 Å². The first-order chi connectivity index (χ1) is 7.98. The van der Waals surface area contributed by atoms with Crippen molar-refractivity contribution in [1.82, 2.24) is 14.8 Å². The van der Waals surface area contributed by atoms with Gasteiger partial charge in [-0.1, -0.05) is 11.8 Å². The first-order valence-electron chi connectivity index (χ1n) is 4.93. The topological polar surface area (TPSA) is 66.0 Å². The maximum atomic E-state index is 11.7. The lowest BCUT2D eigenvalue weighted by molar-refractivity contribution is -0.322. The molecule has 1 aromatic rings. The number of nitrogens with two attached hydrogens (primary N) is 1. The van der Waals surface area contributed by atoms with Gasteiger partial charge in [-0.15, -0.1) is 23.4 Å². The molecule has 1 rings (SSSR count). The molecular formula is C8H13F3N4OS. The molecule has 1 aromatic heterocycles. The SMILES string of the molecule is CCn1c(CN)nnc1SCCOC(F)(F)F. The van der Waals surface area contributed by atoms with Crippen molar-refractivity contribution in [3.05, 3.63) is 5.82 Å². The number of halogens is 3. The summed E-state index contributed by atoms with van der Waals surface area (Å²) in [7, 11) is 0. The molecule has 0 saturated heterocycles. The smallest absolute Gasteiger partial charge is 0.324 e. The lowest BCUT2D eigenvalue weighted by Gasteiger charge is -2.07. The average molecular weight is 270 g/mol. The van der Waals surface area contributed by atoms with Crippen molar-refractivity contribution in [1.29, 1.82) is 0 Å². The predicted octanol–water partition coefficient (Wildman–Crippen LogP) is 1.39. The minimum absolute atomic E-state index is 0.155. The Bertz CT molecular complexity index is 355. The van der Waals surface area contributed by atoms with Crippen LogP contribution in [0.5, 0.6) is 0 Å². The fourth-order valence-corrected chi connectivity index (χ4v) is 2.02. The number of ether oxygens (including phenoxy) is 1. The van der Waals surface area contributed by atoms with Gasteiger partial charge in [0.15, 0.2) is 5.16 Å². The van der Waals surface area contributed by atoms with Crippen LogP contribution in [-0.4, -0.2) is 33.5 Å². The van der Waals surface area contributed by atoms with Crippen molar-refractivity contribution in [2.45, 2.75) is 31.5 Å². The lowest BCUT2D eigenvalue weighted by Crippen LogP contribution is -2.15. The molecular weight excluding hydrogens is 257 g/mol. The summed E-state index contributed by atoms with van der Waals surface area (Å²) in [6.07, 6.45) is -4.58. The Labute approximate surface area is 101 Å². The van der Waals surface area contributed by atoms with Gasteiger partial charge in [0.1, 0.15) is 5.82 Å². The molecule has 17 heavy (non-hydrogen) atoms. The van der Waals surface area contributed by atoms with E-state index in [1.54, 1.807) is 4.57 Å². The highest BCUT2D eigenvalue weighted by atomic mass is 32.2. The van der Waals surface area contributed by atoms with E-state index in [-0.39, 0.29) is 12.3 Å². The van der Waals surface area contributed by atoms with E-state index in [1.807, 2.05) is 6.92 Å². The molecule has 0 radical (unpaired) electrons. The maximum absolute atomic E-state index is 11.7. The van der Waals surface area contributed by atoms with Gasteiger partial charge >= 0.3 is 6.36 Å². The second-order valence-corrected chi connectivity index (χ2v) is 4.05. The monoisotopic (exact) mass is 270 g/mol. The van der Waals surface area contributed by atoms with E-state index in [0.717, 1.165) is 11.8 Å². The number of hydrogen-bond donors (Lipinski definition) is 1. The Hall–Kier alpha value is -0.800. The van der Waals surface area contributed by atoms with Crippen LogP contribution in [0.3, 0.4) is 0 Å². The third kappa shape index (κ3) is 4.52. The molecule has 0 aliphatic carbocycles. The van der Waals surface area contributed by atoms with E-state index in [0.29, 0.717) is 17.5 Å². The molecule has 2 N–H and O–H groups in total. The summed E-state index contributed by atoms with van der Waals surface area (Å²) in [5.41, 5.74) is 5.45. The van der Waals surface area contributed by atoms with Crippen molar-refractivity contribution in [3.63, 3.8) is 0 Å². The van der Waals surface area contributed by atoms with Gasteiger partial charge in [-0.3, -0.25) is 4.74 Å². The highest BCUT2D eigenvalue weighted by molar-refractivity contribution is 7.99. The molecule has 0 aromatic carbocycles. The largest absolute Gasteiger partial charge is 0.522 e. The van der Waals surface area contributed by atoms with Crippen LogP contribution in [0.1, 0.15) is 12.7 Å². The normalized spacial score (nSPS) is 12.1. The zero-order valence-corrected chi connectivity index (χ0v) is 10.0. The van der Waals surface area contributed by atoms with Crippen molar-refractivity contribution in [2.24, 2.45) is 5.73 Å². The second-order valence-electron chi connectivity index (χ2n) is 2.99. The van der Waals surface area contributed by atoms with Gasteiger partial charge in [0, 0.05) is 12.3 Å². The van der Waals surface area contributed by atoms with Crippen LogP contribution in [0.4, 0.5) is 13.2 Å². The Kier molecular flexibility index (Phi) is 5.22. The van der Waals surface area contributed by atoms with Gasteiger partial charge in [0.2, 0.25) is 0 Å². The Morgan fingerprint density at radius 1 is 1.41 bits per heavy atom. The summed E-state index contributed by atoms with van der Waals surface area (Å²) in [4.78, 5) is 0. The summed E-state index contributed by atoms with van der Waals surface area (Å²) in [6, 6.07) is 0. The first kappa shape index (κ1) is 14.3. The molecule has 0 atom stereocenters. The summed E-state index contributed by atoms with van der Waals surface area (Å²) in [6.45, 7) is 2.35. The zero-order chi connectivity index (χ0) is 12.9. The Morgan fingerprint density at radius 3 is 2.65 bits per heavy atom. The molecule has 0 amide bonds. The van der Waals surface area contributed by atoms with Gasteiger partial charge < -0.3 is 10.3 Å². The number of aromatic nitrogens is 3. The van der Waals surface area contributed by atoms with E-state index in [4.69, 9.17) is 5.73 Å². The lowest BCUT2D eigenvalue weighted by atomic mass is 10.6. The molecule has 0 saturated carbocycles. The van der Waals surface area contributed by atoms with Crippen molar-refractivity contribution in [2.75, 3.05) is 12.4 Å². The zero-order valence-electron chi connectivity index (χ0n) is 9.20. The summed E-state index contributed by atoms with van der Waals surface area (Å²) >= 11 is 1.16. The summed E-state index contributed by atoms with van der Waals surface area (Å²) in [5, 5.41) is 8.24. The van der Waals surface area contributed by atoms with E-state index in [2.05, 4.69) is 14.9 Å². The number of nitrogens with zero attached hydrogens (tertiary/aromatic N) is 3. The molecule has 0 fully saturated rings. The van der Waals surface area contributed by atoms with E-state index in [9.17, 15) is 13.2 Å².